The van der Waals surface area contributed by atoms with E-state index >= 15 is 0 Å². The van der Waals surface area contributed by atoms with Gasteiger partial charge >= 0.3 is 0 Å². The molecule has 0 atom stereocenters. The second-order valence-corrected chi connectivity index (χ2v) is 5.64. The van der Waals surface area contributed by atoms with E-state index in [-0.39, 0.29) is 11.3 Å². The fourth-order valence-corrected chi connectivity index (χ4v) is 2.34. The predicted molar refractivity (Wildman–Crippen MR) is 75.2 cm³/mol. The summed E-state index contributed by atoms with van der Waals surface area (Å²) >= 11 is 0. The van der Waals surface area contributed by atoms with Gasteiger partial charge in [-0.3, -0.25) is 0 Å². The van der Waals surface area contributed by atoms with Crippen LogP contribution in [0.3, 0.4) is 0 Å². The van der Waals surface area contributed by atoms with E-state index in [1.807, 2.05) is 31.2 Å². The Morgan fingerprint density at radius 1 is 1.16 bits per heavy atom. The Morgan fingerprint density at radius 2 is 1.74 bits per heavy atom. The van der Waals surface area contributed by atoms with Crippen LogP contribution in [0, 0.1) is 6.92 Å². The minimum Gasteiger partial charge on any atom is -0.497 e. The lowest BCUT2D eigenvalue weighted by molar-refractivity contribution is 0.414. The minimum atomic E-state index is -0.140. The van der Waals surface area contributed by atoms with Gasteiger partial charge in [-0.25, -0.2) is 4.68 Å². The van der Waals surface area contributed by atoms with Gasteiger partial charge in [0.05, 0.1) is 12.8 Å². The smallest absolute Gasteiger partial charge is 0.234 e. The zero-order valence-corrected chi connectivity index (χ0v) is 12.1. The predicted octanol–water partition coefficient (Wildman–Crippen LogP) is 3.19. The number of aromatic nitrogens is 2. The number of nitrogens with zero attached hydrogens (tertiary/aromatic N) is 2. The Labute approximate surface area is 113 Å². The summed E-state index contributed by atoms with van der Waals surface area (Å²) in [5, 5.41) is 14.3. The molecule has 0 aliphatic heterocycles. The summed E-state index contributed by atoms with van der Waals surface area (Å²) in [7, 11) is 1.64. The highest BCUT2D eigenvalue weighted by Crippen LogP contribution is 2.34. The first-order valence-corrected chi connectivity index (χ1v) is 6.28. The van der Waals surface area contributed by atoms with E-state index in [2.05, 4.69) is 25.9 Å². The van der Waals surface area contributed by atoms with E-state index in [0.717, 1.165) is 22.7 Å². The van der Waals surface area contributed by atoms with Crippen LogP contribution < -0.4 is 4.74 Å². The molecular formula is C15H20N2O2. The molecule has 0 unspecified atom stereocenters. The molecule has 0 saturated carbocycles. The van der Waals surface area contributed by atoms with Crippen LogP contribution in [0.15, 0.2) is 24.3 Å². The van der Waals surface area contributed by atoms with Crippen LogP contribution >= 0.6 is 0 Å². The van der Waals surface area contributed by atoms with Gasteiger partial charge in [0, 0.05) is 11.3 Å². The van der Waals surface area contributed by atoms with Crippen LogP contribution in [-0.4, -0.2) is 22.0 Å². The number of rotatable bonds is 2. The van der Waals surface area contributed by atoms with Crippen molar-refractivity contribution in [2.45, 2.75) is 33.1 Å². The van der Waals surface area contributed by atoms with Crippen molar-refractivity contribution in [3.05, 3.63) is 35.5 Å². The lowest BCUT2D eigenvalue weighted by atomic mass is 9.87. The average molecular weight is 260 g/mol. The molecule has 1 aromatic carbocycles. The van der Waals surface area contributed by atoms with Crippen LogP contribution in [0.1, 0.15) is 32.0 Å². The van der Waals surface area contributed by atoms with Crippen LogP contribution in [-0.2, 0) is 5.41 Å². The van der Waals surface area contributed by atoms with Crippen molar-refractivity contribution in [3.63, 3.8) is 0 Å². The van der Waals surface area contributed by atoms with Crippen LogP contribution in [0.2, 0.25) is 0 Å². The number of ether oxygens (including phenoxy) is 1. The van der Waals surface area contributed by atoms with Crippen molar-refractivity contribution in [2.75, 3.05) is 7.11 Å². The highest BCUT2D eigenvalue weighted by Gasteiger charge is 2.25. The average Bonchev–Trinajstić information content (AvgIpc) is 2.64. The molecule has 1 N–H and O–H groups in total. The Hall–Kier alpha value is -1.97. The van der Waals surface area contributed by atoms with Crippen molar-refractivity contribution in [1.29, 1.82) is 0 Å². The first-order valence-electron chi connectivity index (χ1n) is 6.28. The van der Waals surface area contributed by atoms with Gasteiger partial charge in [0.1, 0.15) is 5.75 Å². The van der Waals surface area contributed by atoms with Crippen LogP contribution in [0.4, 0.5) is 0 Å². The molecule has 4 heteroatoms. The Bertz CT molecular complexity index is 577. The van der Waals surface area contributed by atoms with E-state index in [0.29, 0.717) is 0 Å². The van der Waals surface area contributed by atoms with Crippen LogP contribution in [0.25, 0.3) is 5.69 Å². The summed E-state index contributed by atoms with van der Waals surface area (Å²) < 4.78 is 6.90. The Kier molecular flexibility index (Phi) is 3.27. The molecule has 0 aliphatic rings. The highest BCUT2D eigenvalue weighted by molar-refractivity contribution is 5.44. The number of hydrogen-bond donors (Lipinski definition) is 1. The molecule has 2 aromatic rings. The molecular weight excluding hydrogens is 240 g/mol. The highest BCUT2D eigenvalue weighted by atomic mass is 16.5. The van der Waals surface area contributed by atoms with Gasteiger partial charge < -0.3 is 9.84 Å². The topological polar surface area (TPSA) is 47.3 Å². The van der Waals surface area contributed by atoms with Crippen LogP contribution in [0.5, 0.6) is 11.6 Å². The van der Waals surface area contributed by atoms with Crippen molar-refractivity contribution in [2.24, 2.45) is 0 Å². The minimum absolute atomic E-state index is 0.0980. The van der Waals surface area contributed by atoms with E-state index in [9.17, 15) is 5.11 Å². The van der Waals surface area contributed by atoms with Gasteiger partial charge in [-0.05, 0) is 36.6 Å². The number of aromatic hydroxyl groups is 1. The van der Waals surface area contributed by atoms with E-state index in [4.69, 9.17) is 4.74 Å². The van der Waals surface area contributed by atoms with Crippen molar-refractivity contribution in [3.8, 4) is 17.3 Å². The zero-order valence-electron chi connectivity index (χ0n) is 12.1. The summed E-state index contributed by atoms with van der Waals surface area (Å²) in [6.07, 6.45) is 0. The number of methoxy groups -OCH3 is 1. The molecule has 0 spiro atoms. The molecule has 0 bridgehead atoms. The molecule has 0 radical (unpaired) electrons. The largest absolute Gasteiger partial charge is 0.497 e. The monoisotopic (exact) mass is 260 g/mol. The van der Waals surface area contributed by atoms with Gasteiger partial charge in [0.25, 0.3) is 0 Å². The molecule has 4 nitrogen and oxygen atoms in total. The first-order chi connectivity index (χ1) is 8.84. The summed E-state index contributed by atoms with van der Waals surface area (Å²) in [4.78, 5) is 0. The summed E-state index contributed by atoms with van der Waals surface area (Å²) in [5.74, 6) is 0.898. The maximum Gasteiger partial charge on any atom is 0.234 e. The fraction of sp³-hybridized carbons (Fsp3) is 0.400. The molecule has 1 heterocycles. The molecule has 0 saturated heterocycles. The molecule has 0 fully saturated rings. The lowest BCUT2D eigenvalue weighted by Crippen LogP contribution is -2.12. The van der Waals surface area contributed by atoms with E-state index < -0.39 is 0 Å². The molecule has 0 aliphatic carbocycles. The van der Waals surface area contributed by atoms with Crippen molar-refractivity contribution < 1.29 is 9.84 Å². The molecule has 0 amide bonds. The summed E-state index contributed by atoms with van der Waals surface area (Å²) in [6.45, 7) is 8.16. The maximum absolute atomic E-state index is 10.1. The third-order valence-electron chi connectivity index (χ3n) is 3.16. The summed E-state index contributed by atoms with van der Waals surface area (Å²) in [5.41, 5.74) is 2.60. The van der Waals surface area contributed by atoms with Crippen molar-refractivity contribution >= 4 is 0 Å². The Balaban J connectivity index is 2.51. The molecule has 102 valence electrons. The lowest BCUT2D eigenvalue weighted by Gasteiger charge is -2.18. The maximum atomic E-state index is 10.1. The molecule has 19 heavy (non-hydrogen) atoms. The number of benzene rings is 1. The second-order valence-electron chi connectivity index (χ2n) is 5.64. The van der Waals surface area contributed by atoms with Crippen molar-refractivity contribution in [1.82, 2.24) is 9.78 Å². The fourth-order valence-electron chi connectivity index (χ4n) is 2.34. The van der Waals surface area contributed by atoms with Gasteiger partial charge in [0.15, 0.2) is 0 Å². The molecule has 2 rings (SSSR count). The van der Waals surface area contributed by atoms with Gasteiger partial charge in [0.2, 0.25) is 5.88 Å². The normalized spacial score (nSPS) is 11.6. The standard InChI is InChI=1S/C15H20N2O2/c1-10-13(15(2,3)4)14(18)16-17(10)11-6-8-12(19-5)9-7-11/h6-9H,1-5H3,(H,16,18). The molecule has 1 aromatic heterocycles. The third kappa shape index (κ3) is 2.43. The first kappa shape index (κ1) is 13.5. The van der Waals surface area contributed by atoms with E-state index in [1.165, 1.54) is 0 Å². The second kappa shape index (κ2) is 4.61. The Morgan fingerprint density at radius 3 is 2.16 bits per heavy atom. The van der Waals surface area contributed by atoms with Gasteiger partial charge in [-0.1, -0.05) is 20.8 Å². The van der Waals surface area contributed by atoms with Gasteiger partial charge in [-0.15, -0.1) is 5.10 Å². The third-order valence-corrected chi connectivity index (χ3v) is 3.16. The number of hydrogen-bond acceptors (Lipinski definition) is 3. The van der Waals surface area contributed by atoms with Gasteiger partial charge in [-0.2, -0.15) is 0 Å². The SMILES string of the molecule is COc1ccc(-n2nc(O)c(C(C)(C)C)c2C)cc1. The quantitative estimate of drug-likeness (QED) is 0.902. The van der Waals surface area contributed by atoms with E-state index in [1.54, 1.807) is 11.8 Å². The summed E-state index contributed by atoms with van der Waals surface area (Å²) in [6, 6.07) is 7.60. The zero-order chi connectivity index (χ0) is 14.2.